The Kier molecular flexibility index (Phi) is 6.12. The Morgan fingerprint density at radius 3 is 1.94 bits per heavy atom. The number of nitrogens with zero attached hydrogens (tertiary/aromatic N) is 2. The van der Waals surface area contributed by atoms with Crippen LogP contribution in [0.3, 0.4) is 0 Å². The number of hydrogen-bond donors (Lipinski definition) is 0. The highest BCUT2D eigenvalue weighted by Crippen LogP contribution is 2.36. The zero-order valence-corrected chi connectivity index (χ0v) is 19.2. The average molecular weight is 467 g/mol. The van der Waals surface area contributed by atoms with Crippen molar-refractivity contribution >= 4 is 35.1 Å². The number of aromatic nitrogens is 1. The first kappa shape index (κ1) is 21.3. The Morgan fingerprint density at radius 1 is 0.606 bits per heavy atom. The van der Waals surface area contributed by atoms with Crippen LogP contribution in [0.4, 0.5) is 5.69 Å². The average Bonchev–Trinajstić information content (AvgIpc) is 3.24. The van der Waals surface area contributed by atoms with Gasteiger partial charge in [-0.05, 0) is 59.7 Å². The van der Waals surface area contributed by atoms with E-state index in [1.54, 1.807) is 0 Å². The van der Waals surface area contributed by atoms with Crippen molar-refractivity contribution in [2.75, 3.05) is 0 Å². The van der Waals surface area contributed by atoms with E-state index in [-0.39, 0.29) is 0 Å². The predicted molar refractivity (Wildman–Crippen MR) is 140 cm³/mol. The maximum absolute atomic E-state index is 6.21. The third kappa shape index (κ3) is 4.63. The largest absolute Gasteiger partial charge is 0.309 e. The summed E-state index contributed by atoms with van der Waals surface area (Å²) >= 11 is 12.4. The van der Waals surface area contributed by atoms with Crippen molar-refractivity contribution in [2.24, 2.45) is 4.99 Å². The molecule has 0 aliphatic heterocycles. The molecule has 0 N–H and O–H groups in total. The van der Waals surface area contributed by atoms with E-state index in [1.807, 2.05) is 66.9 Å². The first-order valence-electron chi connectivity index (χ1n) is 10.6. The van der Waals surface area contributed by atoms with Gasteiger partial charge in [-0.2, -0.15) is 0 Å². The van der Waals surface area contributed by atoms with Gasteiger partial charge in [-0.1, -0.05) is 89.9 Å². The molecule has 4 heteroatoms. The van der Waals surface area contributed by atoms with Gasteiger partial charge in [0.1, 0.15) is 0 Å². The van der Waals surface area contributed by atoms with Crippen molar-refractivity contribution in [3.8, 4) is 28.2 Å². The van der Waals surface area contributed by atoms with Gasteiger partial charge in [0.15, 0.2) is 0 Å². The van der Waals surface area contributed by atoms with E-state index in [9.17, 15) is 0 Å². The molecule has 0 radical (unpaired) electrons. The molecule has 0 aliphatic rings. The van der Waals surface area contributed by atoms with E-state index in [2.05, 4.69) is 59.2 Å². The van der Waals surface area contributed by atoms with Gasteiger partial charge in [-0.15, -0.1) is 0 Å². The van der Waals surface area contributed by atoms with Gasteiger partial charge in [-0.25, -0.2) is 0 Å². The standard InChI is InChI=1S/C29H20Cl2N2/c30-24-14-16-27(17-15-24)33-28(21-8-3-1-4-9-21)18-23(29(33)22-10-5-2-6-11-22)20-32-26-13-7-12-25(31)19-26/h1-20H. The monoisotopic (exact) mass is 466 g/mol. The Hall–Kier alpha value is -3.59. The van der Waals surface area contributed by atoms with Crippen LogP contribution in [-0.4, -0.2) is 10.8 Å². The highest BCUT2D eigenvalue weighted by atomic mass is 35.5. The predicted octanol–water partition coefficient (Wildman–Crippen LogP) is 8.87. The Bertz CT molecular complexity index is 1400. The molecule has 1 heterocycles. The molecule has 5 rings (SSSR count). The number of hydrogen-bond acceptors (Lipinski definition) is 1. The minimum absolute atomic E-state index is 0.664. The Labute approximate surface area is 203 Å². The number of rotatable bonds is 5. The molecular formula is C29H20Cl2N2. The molecule has 0 saturated carbocycles. The summed E-state index contributed by atoms with van der Waals surface area (Å²) in [4.78, 5) is 4.74. The van der Waals surface area contributed by atoms with Crippen LogP contribution in [0, 0.1) is 0 Å². The molecule has 2 nitrogen and oxygen atoms in total. The molecule has 1 aromatic heterocycles. The van der Waals surface area contributed by atoms with E-state index >= 15 is 0 Å². The lowest BCUT2D eigenvalue weighted by Gasteiger charge is -2.15. The van der Waals surface area contributed by atoms with Crippen LogP contribution in [0.25, 0.3) is 28.2 Å². The second-order valence-electron chi connectivity index (χ2n) is 7.62. The van der Waals surface area contributed by atoms with Gasteiger partial charge >= 0.3 is 0 Å². The highest BCUT2D eigenvalue weighted by Gasteiger charge is 2.18. The SMILES string of the molecule is Clc1ccc(-n2c(-c3ccccc3)cc(C=Nc3cccc(Cl)c3)c2-c2ccccc2)cc1. The van der Waals surface area contributed by atoms with Crippen LogP contribution in [0.5, 0.6) is 0 Å². The summed E-state index contributed by atoms with van der Waals surface area (Å²) in [6, 6.07) is 38.4. The molecule has 33 heavy (non-hydrogen) atoms. The maximum Gasteiger partial charge on any atom is 0.0644 e. The normalized spacial score (nSPS) is 11.2. The fourth-order valence-corrected chi connectivity index (χ4v) is 4.21. The van der Waals surface area contributed by atoms with E-state index in [1.165, 1.54) is 0 Å². The van der Waals surface area contributed by atoms with Crippen molar-refractivity contribution in [2.45, 2.75) is 0 Å². The molecule has 0 atom stereocenters. The summed E-state index contributed by atoms with van der Waals surface area (Å²) in [5, 5.41) is 1.37. The summed E-state index contributed by atoms with van der Waals surface area (Å²) < 4.78 is 2.26. The molecule has 0 unspecified atom stereocenters. The van der Waals surface area contributed by atoms with Crippen molar-refractivity contribution < 1.29 is 0 Å². The van der Waals surface area contributed by atoms with Gasteiger partial charge in [0.2, 0.25) is 0 Å². The van der Waals surface area contributed by atoms with Crippen LogP contribution in [0.15, 0.2) is 120 Å². The number of aliphatic imine (C=N–C) groups is 1. The lowest BCUT2D eigenvalue weighted by molar-refractivity contribution is 1.09. The molecule has 0 bridgehead atoms. The smallest absolute Gasteiger partial charge is 0.0644 e. The van der Waals surface area contributed by atoms with Crippen molar-refractivity contribution in [3.05, 3.63) is 131 Å². The second-order valence-corrected chi connectivity index (χ2v) is 8.49. The van der Waals surface area contributed by atoms with Crippen molar-refractivity contribution in [3.63, 3.8) is 0 Å². The summed E-state index contributed by atoms with van der Waals surface area (Å²) in [7, 11) is 0. The third-order valence-corrected chi connectivity index (χ3v) is 5.88. The lowest BCUT2D eigenvalue weighted by Crippen LogP contribution is -2.00. The Balaban J connectivity index is 1.77. The fraction of sp³-hybridized carbons (Fsp3) is 0. The van der Waals surface area contributed by atoms with E-state index in [0.717, 1.165) is 39.5 Å². The van der Waals surface area contributed by atoms with Gasteiger partial charge < -0.3 is 4.57 Å². The van der Waals surface area contributed by atoms with Gasteiger partial charge in [-0.3, -0.25) is 4.99 Å². The van der Waals surface area contributed by atoms with Gasteiger partial charge in [0.05, 0.1) is 17.1 Å². The topological polar surface area (TPSA) is 17.3 Å². The number of halogens is 2. The van der Waals surface area contributed by atoms with Crippen molar-refractivity contribution in [1.82, 2.24) is 4.57 Å². The summed E-state index contributed by atoms with van der Waals surface area (Å²) in [6.45, 7) is 0. The highest BCUT2D eigenvalue weighted by molar-refractivity contribution is 6.31. The number of benzene rings is 4. The van der Waals surface area contributed by atoms with Gasteiger partial charge in [0, 0.05) is 27.5 Å². The van der Waals surface area contributed by atoms with E-state index in [4.69, 9.17) is 28.2 Å². The quantitative estimate of drug-likeness (QED) is 0.230. The van der Waals surface area contributed by atoms with Crippen LogP contribution >= 0.6 is 23.2 Å². The molecule has 4 aromatic carbocycles. The molecular weight excluding hydrogens is 447 g/mol. The molecule has 160 valence electrons. The summed E-state index contributed by atoms with van der Waals surface area (Å²) in [5.41, 5.74) is 7.19. The zero-order chi connectivity index (χ0) is 22.6. The Morgan fingerprint density at radius 2 is 1.27 bits per heavy atom. The van der Waals surface area contributed by atoms with Crippen LogP contribution in [-0.2, 0) is 0 Å². The first-order chi connectivity index (χ1) is 16.2. The van der Waals surface area contributed by atoms with Crippen LogP contribution in [0.2, 0.25) is 10.0 Å². The third-order valence-electron chi connectivity index (χ3n) is 5.39. The maximum atomic E-state index is 6.21. The van der Waals surface area contributed by atoms with Crippen molar-refractivity contribution in [1.29, 1.82) is 0 Å². The molecule has 0 spiro atoms. The minimum atomic E-state index is 0.664. The van der Waals surface area contributed by atoms with Gasteiger partial charge in [0.25, 0.3) is 0 Å². The molecule has 0 aliphatic carbocycles. The van der Waals surface area contributed by atoms with E-state index < -0.39 is 0 Å². The zero-order valence-electron chi connectivity index (χ0n) is 17.7. The van der Waals surface area contributed by atoms with Crippen LogP contribution in [0.1, 0.15) is 5.56 Å². The lowest BCUT2D eigenvalue weighted by atomic mass is 10.1. The summed E-state index contributed by atoms with van der Waals surface area (Å²) in [5.74, 6) is 0. The second kappa shape index (κ2) is 9.50. The summed E-state index contributed by atoms with van der Waals surface area (Å²) in [6.07, 6.45) is 1.91. The van der Waals surface area contributed by atoms with E-state index in [0.29, 0.717) is 10.0 Å². The van der Waals surface area contributed by atoms with Crippen LogP contribution < -0.4 is 0 Å². The molecule has 0 saturated heterocycles. The first-order valence-corrected chi connectivity index (χ1v) is 11.4. The fourth-order valence-electron chi connectivity index (χ4n) is 3.90. The minimum Gasteiger partial charge on any atom is -0.309 e. The molecule has 0 amide bonds. The molecule has 5 aromatic rings. The molecule has 0 fully saturated rings.